The molecule has 0 aliphatic heterocycles. The van der Waals surface area contributed by atoms with Crippen molar-refractivity contribution in [2.75, 3.05) is 0 Å². The quantitative estimate of drug-likeness (QED) is 0.468. The topological polar surface area (TPSA) is 34.1 Å². The molecule has 0 saturated carbocycles. The van der Waals surface area contributed by atoms with Gasteiger partial charge in [-0.1, -0.05) is 72.8 Å². The van der Waals surface area contributed by atoms with Crippen LogP contribution in [0.1, 0.15) is 16.7 Å². The average molecular weight is 343 g/mol. The smallest absolute Gasteiger partial charge is 0.186 e. The van der Waals surface area contributed by atoms with Crippen molar-refractivity contribution in [3.05, 3.63) is 95.1 Å². The van der Waals surface area contributed by atoms with E-state index in [0.29, 0.717) is 5.57 Å². The molecule has 0 fully saturated rings. The normalized spacial score (nSPS) is 14.5. The summed E-state index contributed by atoms with van der Waals surface area (Å²) < 4.78 is 0. The van der Waals surface area contributed by atoms with Crippen LogP contribution < -0.4 is 0 Å². The second kappa shape index (κ2) is 7.69. The summed E-state index contributed by atoms with van der Waals surface area (Å²) in [4.78, 5) is 23.8. The number of hydrogen-bond donors (Lipinski definition) is 0. The van der Waals surface area contributed by atoms with E-state index in [1.807, 2.05) is 66.8 Å². The van der Waals surface area contributed by atoms with Crippen molar-refractivity contribution in [1.29, 1.82) is 0 Å². The van der Waals surface area contributed by atoms with Gasteiger partial charge in [0.2, 0.25) is 0 Å². The number of benzene rings is 2. The van der Waals surface area contributed by atoms with E-state index in [-0.39, 0.29) is 11.6 Å². The van der Waals surface area contributed by atoms with Crippen molar-refractivity contribution in [3.8, 4) is 0 Å². The molecule has 25 heavy (non-hydrogen) atoms. The van der Waals surface area contributed by atoms with E-state index in [0.717, 1.165) is 21.6 Å². The zero-order valence-corrected chi connectivity index (χ0v) is 14.2. The first-order valence-electron chi connectivity index (χ1n) is 7.81. The maximum atomic E-state index is 11.7. The predicted molar refractivity (Wildman–Crippen MR) is 104 cm³/mol. The van der Waals surface area contributed by atoms with Crippen molar-refractivity contribution in [2.45, 2.75) is 4.90 Å². The van der Waals surface area contributed by atoms with Gasteiger partial charge in [0.15, 0.2) is 11.6 Å². The molecule has 0 bridgehead atoms. The zero-order valence-electron chi connectivity index (χ0n) is 13.4. The second-order valence-corrected chi connectivity index (χ2v) is 6.07. The molecule has 0 spiro atoms. The van der Waals surface area contributed by atoms with Crippen molar-refractivity contribution in [1.82, 2.24) is 0 Å². The van der Waals surface area contributed by atoms with Crippen LogP contribution >= 0.6 is 0 Å². The van der Waals surface area contributed by atoms with Gasteiger partial charge < -0.3 is 12.6 Å². The molecule has 2 aromatic rings. The lowest BCUT2D eigenvalue weighted by Gasteiger charge is -2.03. The van der Waals surface area contributed by atoms with Gasteiger partial charge in [0.1, 0.15) is 0 Å². The Morgan fingerprint density at radius 1 is 0.640 bits per heavy atom. The van der Waals surface area contributed by atoms with E-state index in [9.17, 15) is 9.59 Å². The van der Waals surface area contributed by atoms with Crippen LogP contribution in [0.25, 0.3) is 18.2 Å². The lowest BCUT2D eigenvalue weighted by molar-refractivity contribution is -0.114. The van der Waals surface area contributed by atoms with Gasteiger partial charge in [-0.15, -0.1) is 0 Å². The molecule has 0 aromatic heterocycles. The maximum absolute atomic E-state index is 11.7. The summed E-state index contributed by atoms with van der Waals surface area (Å²) in [6.07, 6.45) is 11.5. The standard InChI is InChI=1S/C22H16O2S/c23-20-11-14-22(24)19(15-20)10-7-17-4-1-16(2-5-17)3-6-18-8-12-21(25)13-9-18/h1-15,25H/p-1/b6-3+,10-7+. The lowest BCUT2D eigenvalue weighted by Crippen LogP contribution is -2.05. The Hall–Kier alpha value is -3.04. The molecule has 0 N–H and O–H groups in total. The van der Waals surface area contributed by atoms with Crippen LogP contribution in [-0.2, 0) is 22.2 Å². The summed E-state index contributed by atoms with van der Waals surface area (Å²) >= 11 is 5.07. The largest absolute Gasteiger partial charge is 0.780 e. The number of carbonyl (C=O) groups is 2. The van der Waals surface area contributed by atoms with E-state index in [2.05, 4.69) is 0 Å². The van der Waals surface area contributed by atoms with Crippen LogP contribution in [0.15, 0.2) is 83.3 Å². The molecular formula is C22H15O2S-. The number of carbonyl (C=O) groups excluding carboxylic acids is 2. The predicted octanol–water partition coefficient (Wildman–Crippen LogP) is 4.41. The summed E-state index contributed by atoms with van der Waals surface area (Å²) in [5.41, 5.74) is 3.54. The van der Waals surface area contributed by atoms with Crippen molar-refractivity contribution in [3.63, 3.8) is 0 Å². The summed E-state index contributed by atoms with van der Waals surface area (Å²) in [6.45, 7) is 0. The van der Waals surface area contributed by atoms with E-state index < -0.39 is 0 Å². The van der Waals surface area contributed by atoms with Gasteiger partial charge >= 0.3 is 0 Å². The van der Waals surface area contributed by atoms with Gasteiger partial charge in [-0.25, -0.2) is 0 Å². The third-order valence-electron chi connectivity index (χ3n) is 3.72. The van der Waals surface area contributed by atoms with Gasteiger partial charge in [0.05, 0.1) is 0 Å². The molecule has 2 aromatic carbocycles. The van der Waals surface area contributed by atoms with Crippen LogP contribution in [0.4, 0.5) is 0 Å². The minimum Gasteiger partial charge on any atom is -0.780 e. The fraction of sp³-hybridized carbons (Fsp3) is 0. The third kappa shape index (κ3) is 4.72. The summed E-state index contributed by atoms with van der Waals surface area (Å²) in [5, 5.41) is 0. The van der Waals surface area contributed by atoms with Crippen molar-refractivity contribution in [2.24, 2.45) is 0 Å². The Kier molecular flexibility index (Phi) is 5.17. The molecule has 3 heteroatoms. The highest BCUT2D eigenvalue weighted by molar-refractivity contribution is 7.58. The summed E-state index contributed by atoms with van der Waals surface area (Å²) in [7, 11) is 0. The van der Waals surface area contributed by atoms with Crippen LogP contribution in [-0.4, -0.2) is 11.6 Å². The van der Waals surface area contributed by atoms with E-state index in [1.165, 1.54) is 18.2 Å². The fourth-order valence-corrected chi connectivity index (χ4v) is 2.47. The Morgan fingerprint density at radius 3 is 1.68 bits per heavy atom. The molecule has 3 rings (SSSR count). The Balaban J connectivity index is 1.68. The maximum Gasteiger partial charge on any atom is 0.186 e. The van der Waals surface area contributed by atoms with Crippen LogP contribution in [0.5, 0.6) is 0 Å². The molecule has 1 aliphatic rings. The molecule has 0 amide bonds. The highest BCUT2D eigenvalue weighted by atomic mass is 32.1. The van der Waals surface area contributed by atoms with Gasteiger partial charge in [-0.05, 0) is 34.9 Å². The SMILES string of the molecule is O=C1C=CC(=O)C(/C=C/c2ccc(/C=C/c3ccc([S-])cc3)cc2)=C1. The van der Waals surface area contributed by atoms with Crippen molar-refractivity contribution >= 4 is 42.4 Å². The van der Waals surface area contributed by atoms with Crippen LogP contribution in [0.3, 0.4) is 0 Å². The monoisotopic (exact) mass is 343 g/mol. The van der Waals surface area contributed by atoms with Gasteiger partial charge in [-0.2, -0.15) is 4.90 Å². The Labute approximate surface area is 152 Å². The van der Waals surface area contributed by atoms with Crippen molar-refractivity contribution < 1.29 is 9.59 Å². The Morgan fingerprint density at radius 2 is 1.12 bits per heavy atom. The third-order valence-corrected chi connectivity index (χ3v) is 3.99. The average Bonchev–Trinajstić information content (AvgIpc) is 2.63. The van der Waals surface area contributed by atoms with E-state index >= 15 is 0 Å². The van der Waals surface area contributed by atoms with Gasteiger partial charge in [-0.3, -0.25) is 9.59 Å². The Bertz CT molecular complexity index is 912. The van der Waals surface area contributed by atoms with E-state index in [4.69, 9.17) is 12.6 Å². The number of hydrogen-bond acceptors (Lipinski definition) is 3. The fourth-order valence-electron chi connectivity index (χ4n) is 2.33. The highest BCUT2D eigenvalue weighted by Gasteiger charge is 2.09. The minimum absolute atomic E-state index is 0.152. The molecule has 0 radical (unpaired) electrons. The summed E-state index contributed by atoms with van der Waals surface area (Å²) in [5.74, 6) is -0.315. The molecular weight excluding hydrogens is 328 g/mol. The number of allylic oxidation sites excluding steroid dienone is 5. The van der Waals surface area contributed by atoms with E-state index in [1.54, 1.807) is 6.08 Å². The first kappa shape index (κ1) is 16.8. The minimum atomic E-state index is -0.163. The molecule has 2 nitrogen and oxygen atoms in total. The molecule has 0 atom stereocenters. The van der Waals surface area contributed by atoms with Gasteiger partial charge in [0.25, 0.3) is 0 Å². The van der Waals surface area contributed by atoms with Crippen LogP contribution in [0.2, 0.25) is 0 Å². The first-order valence-corrected chi connectivity index (χ1v) is 8.22. The first-order chi connectivity index (χ1) is 12.1. The highest BCUT2D eigenvalue weighted by Crippen LogP contribution is 2.14. The number of rotatable bonds is 4. The molecule has 0 saturated heterocycles. The molecule has 0 unspecified atom stereocenters. The second-order valence-electron chi connectivity index (χ2n) is 5.60. The zero-order chi connectivity index (χ0) is 17.6. The van der Waals surface area contributed by atoms with Crippen LogP contribution in [0, 0.1) is 0 Å². The summed E-state index contributed by atoms with van der Waals surface area (Å²) in [6, 6.07) is 15.7. The number of ketones is 2. The lowest BCUT2D eigenvalue weighted by atomic mass is 10.0. The molecule has 0 heterocycles. The van der Waals surface area contributed by atoms with Gasteiger partial charge in [0, 0.05) is 5.57 Å². The molecule has 1 aliphatic carbocycles. The molecule has 122 valence electrons.